The van der Waals surface area contributed by atoms with Crippen LogP contribution in [-0.4, -0.2) is 18.9 Å². The fraction of sp³-hybridized carbons (Fsp3) is 0.833. The van der Waals surface area contributed by atoms with Gasteiger partial charge in [-0.05, 0) is 0 Å². The minimum Gasteiger partial charge on any atom is -0.299 e. The fourth-order valence-corrected chi connectivity index (χ4v) is 0.672. The van der Waals surface area contributed by atoms with Crippen LogP contribution >= 0.6 is 9.24 Å². The molecular weight excluding hydrogens is 149 g/mol. The van der Waals surface area contributed by atoms with Gasteiger partial charge >= 0.3 is 0 Å². The fourth-order valence-electron chi connectivity index (χ4n) is 0.471. The first kappa shape index (κ1) is 10.1. The SMILES string of the molecule is [B]C(F)(P)CC(=O)C(C)C. The lowest BCUT2D eigenvalue weighted by Gasteiger charge is -2.14. The number of ketones is 1. The topological polar surface area (TPSA) is 17.1 Å². The van der Waals surface area contributed by atoms with Crippen LogP contribution < -0.4 is 0 Å². The van der Waals surface area contributed by atoms with E-state index in [4.69, 9.17) is 7.85 Å². The van der Waals surface area contributed by atoms with Crippen molar-refractivity contribution in [1.29, 1.82) is 0 Å². The number of hydrogen-bond acceptors (Lipinski definition) is 1. The molecule has 0 amide bonds. The van der Waals surface area contributed by atoms with Gasteiger partial charge in [-0.2, -0.15) is 0 Å². The standard InChI is InChI=1S/C6H11BFOP/c1-4(2)5(9)3-6(7,8)10/h4H,3,10H2,1-2H3. The predicted molar refractivity (Wildman–Crippen MR) is 43.8 cm³/mol. The summed E-state index contributed by atoms with van der Waals surface area (Å²) in [5, 5.41) is -1.93. The van der Waals surface area contributed by atoms with E-state index >= 15 is 0 Å². The van der Waals surface area contributed by atoms with E-state index in [-0.39, 0.29) is 18.1 Å². The van der Waals surface area contributed by atoms with Gasteiger partial charge in [0.2, 0.25) is 0 Å². The molecule has 0 aliphatic carbocycles. The molecule has 4 heteroatoms. The number of halogens is 1. The smallest absolute Gasteiger partial charge is 0.138 e. The van der Waals surface area contributed by atoms with E-state index in [2.05, 4.69) is 0 Å². The molecule has 0 aromatic rings. The summed E-state index contributed by atoms with van der Waals surface area (Å²) in [5.41, 5.74) is 0. The Morgan fingerprint density at radius 2 is 2.20 bits per heavy atom. The number of hydrogen-bond donors (Lipinski definition) is 0. The highest BCUT2D eigenvalue weighted by Gasteiger charge is 2.21. The Morgan fingerprint density at radius 1 is 1.80 bits per heavy atom. The number of alkyl halides is 1. The second kappa shape index (κ2) is 3.48. The van der Waals surface area contributed by atoms with Crippen LogP contribution in [0.2, 0.25) is 0 Å². The van der Waals surface area contributed by atoms with Crippen molar-refractivity contribution in [2.24, 2.45) is 5.92 Å². The molecule has 10 heavy (non-hydrogen) atoms. The maximum absolute atomic E-state index is 12.5. The van der Waals surface area contributed by atoms with Crippen LogP contribution in [0, 0.1) is 5.92 Å². The first-order valence-electron chi connectivity index (χ1n) is 3.12. The van der Waals surface area contributed by atoms with Crippen molar-refractivity contribution in [2.45, 2.75) is 25.6 Å². The molecule has 0 aliphatic rings. The minimum absolute atomic E-state index is 0.140. The van der Waals surface area contributed by atoms with Gasteiger partial charge in [-0.25, -0.2) is 0 Å². The number of carbonyl (C=O) groups is 1. The molecule has 2 atom stereocenters. The highest BCUT2D eigenvalue weighted by atomic mass is 31.0. The molecule has 0 aliphatic heterocycles. The number of rotatable bonds is 3. The molecule has 0 bridgehead atoms. The quantitative estimate of drug-likeness (QED) is 0.448. The summed E-state index contributed by atoms with van der Waals surface area (Å²) in [6, 6.07) is 0. The van der Waals surface area contributed by atoms with Crippen LogP contribution in [0.3, 0.4) is 0 Å². The van der Waals surface area contributed by atoms with Crippen LogP contribution in [0.4, 0.5) is 4.39 Å². The molecule has 1 nitrogen and oxygen atoms in total. The second-order valence-corrected chi connectivity index (χ2v) is 3.68. The summed E-state index contributed by atoms with van der Waals surface area (Å²) in [6.45, 7) is 3.44. The average molecular weight is 160 g/mol. The molecule has 0 spiro atoms. The first-order valence-corrected chi connectivity index (χ1v) is 3.70. The molecule has 0 aromatic carbocycles. The molecule has 56 valence electrons. The van der Waals surface area contributed by atoms with Gasteiger partial charge in [0.1, 0.15) is 13.6 Å². The lowest BCUT2D eigenvalue weighted by atomic mass is 9.92. The molecule has 0 aromatic heterocycles. The molecule has 0 rings (SSSR count). The zero-order valence-corrected chi connectivity index (χ0v) is 7.38. The third kappa shape index (κ3) is 4.93. The van der Waals surface area contributed by atoms with Gasteiger partial charge in [-0.1, -0.05) is 13.8 Å². The number of Topliss-reactive ketones (excluding diaryl/α,β-unsaturated/α-hetero) is 1. The summed E-state index contributed by atoms with van der Waals surface area (Å²) >= 11 is 0. The van der Waals surface area contributed by atoms with E-state index in [1.165, 1.54) is 0 Å². The Morgan fingerprint density at radius 3 is 2.30 bits per heavy atom. The highest BCUT2D eigenvalue weighted by molar-refractivity contribution is 7.22. The Hall–Kier alpha value is 0.0949. The molecule has 0 saturated carbocycles. The van der Waals surface area contributed by atoms with E-state index in [0.717, 1.165) is 0 Å². The molecule has 0 saturated heterocycles. The minimum atomic E-state index is -1.93. The van der Waals surface area contributed by atoms with Crippen molar-refractivity contribution < 1.29 is 9.18 Å². The monoisotopic (exact) mass is 160 g/mol. The van der Waals surface area contributed by atoms with Crippen molar-refractivity contribution in [1.82, 2.24) is 0 Å². The van der Waals surface area contributed by atoms with E-state index < -0.39 is 5.31 Å². The second-order valence-electron chi connectivity index (χ2n) is 2.72. The summed E-state index contributed by atoms with van der Waals surface area (Å²) in [7, 11) is 6.75. The third-order valence-electron chi connectivity index (χ3n) is 1.09. The van der Waals surface area contributed by atoms with Gasteiger partial charge in [0, 0.05) is 12.3 Å². The van der Waals surface area contributed by atoms with Crippen molar-refractivity contribution in [3.8, 4) is 0 Å². The highest BCUT2D eigenvalue weighted by Crippen LogP contribution is 2.21. The number of carbonyl (C=O) groups excluding carboxylic acids is 1. The van der Waals surface area contributed by atoms with E-state index in [1.807, 2.05) is 0 Å². The summed E-state index contributed by atoms with van der Waals surface area (Å²) in [5.74, 6) is -0.292. The van der Waals surface area contributed by atoms with Gasteiger partial charge in [-0.3, -0.25) is 9.18 Å². The summed E-state index contributed by atoms with van der Waals surface area (Å²) in [4.78, 5) is 10.8. The van der Waals surface area contributed by atoms with Gasteiger partial charge < -0.3 is 0 Å². The summed E-state index contributed by atoms with van der Waals surface area (Å²) in [6.07, 6.45) is -0.227. The van der Waals surface area contributed by atoms with Crippen LogP contribution in [-0.2, 0) is 4.79 Å². The molecule has 2 radical (unpaired) electrons. The lowest BCUT2D eigenvalue weighted by molar-refractivity contribution is -0.122. The Bertz CT molecular complexity index is 130. The molecule has 0 N–H and O–H groups in total. The van der Waals surface area contributed by atoms with E-state index in [0.29, 0.717) is 0 Å². The Kier molecular flexibility index (Phi) is 3.51. The third-order valence-corrected chi connectivity index (χ3v) is 1.29. The Labute approximate surface area is 64.4 Å². The Balaban J connectivity index is 3.81. The first-order chi connectivity index (χ1) is 4.33. The van der Waals surface area contributed by atoms with Crippen LogP contribution in [0.15, 0.2) is 0 Å². The van der Waals surface area contributed by atoms with Crippen LogP contribution in [0.5, 0.6) is 0 Å². The van der Waals surface area contributed by atoms with Crippen LogP contribution in [0.25, 0.3) is 0 Å². The van der Waals surface area contributed by atoms with Crippen molar-refractivity contribution in [3.05, 3.63) is 0 Å². The predicted octanol–water partition coefficient (Wildman–Crippen LogP) is 1.27. The lowest BCUT2D eigenvalue weighted by Crippen LogP contribution is -2.21. The zero-order chi connectivity index (χ0) is 8.36. The average Bonchev–Trinajstić information content (AvgIpc) is 1.60. The van der Waals surface area contributed by atoms with E-state index in [1.54, 1.807) is 23.1 Å². The van der Waals surface area contributed by atoms with Gasteiger partial charge in [0.05, 0.1) is 5.31 Å². The van der Waals surface area contributed by atoms with Gasteiger partial charge in [-0.15, -0.1) is 9.24 Å². The normalized spacial score (nSPS) is 16.9. The largest absolute Gasteiger partial charge is 0.299 e. The van der Waals surface area contributed by atoms with Gasteiger partial charge in [0.25, 0.3) is 0 Å². The molecule has 0 heterocycles. The molecule has 0 fully saturated rings. The van der Waals surface area contributed by atoms with Crippen molar-refractivity contribution >= 4 is 22.9 Å². The maximum Gasteiger partial charge on any atom is 0.138 e. The zero-order valence-electron chi connectivity index (χ0n) is 6.23. The molecule has 2 unspecified atom stereocenters. The van der Waals surface area contributed by atoms with E-state index in [9.17, 15) is 9.18 Å². The van der Waals surface area contributed by atoms with Crippen molar-refractivity contribution in [2.75, 3.05) is 0 Å². The summed E-state index contributed by atoms with van der Waals surface area (Å²) < 4.78 is 12.5. The maximum atomic E-state index is 12.5. The van der Waals surface area contributed by atoms with Crippen LogP contribution in [0.1, 0.15) is 20.3 Å². The molecular formula is C6H11BFOP. The van der Waals surface area contributed by atoms with Gasteiger partial charge in [0.15, 0.2) is 0 Å². The van der Waals surface area contributed by atoms with Crippen molar-refractivity contribution in [3.63, 3.8) is 0 Å².